The first-order chi connectivity index (χ1) is 16.1. The zero-order valence-corrected chi connectivity index (χ0v) is 20.5. The Labute approximate surface area is 199 Å². The van der Waals surface area contributed by atoms with E-state index in [9.17, 15) is 4.79 Å². The Bertz CT molecular complexity index is 858. The number of nitrogens with one attached hydrogen (secondary N) is 2. The zero-order valence-electron chi connectivity index (χ0n) is 20.5. The van der Waals surface area contributed by atoms with Crippen LogP contribution in [0.4, 0.5) is 5.69 Å². The van der Waals surface area contributed by atoms with Crippen LogP contribution in [0.15, 0.2) is 36.4 Å². The van der Waals surface area contributed by atoms with E-state index in [0.29, 0.717) is 0 Å². The molecule has 2 aromatic carbocycles. The first-order valence-corrected chi connectivity index (χ1v) is 11.8. The van der Waals surface area contributed by atoms with Crippen LogP contribution in [0.3, 0.4) is 0 Å². The van der Waals surface area contributed by atoms with Crippen LogP contribution < -0.4 is 10.6 Å². The molecule has 0 spiro atoms. The highest BCUT2D eigenvalue weighted by Gasteiger charge is 2.17. The summed E-state index contributed by atoms with van der Waals surface area (Å²) in [6.45, 7) is 8.07. The van der Waals surface area contributed by atoms with E-state index >= 15 is 0 Å². The quantitative estimate of drug-likeness (QED) is 0.635. The lowest BCUT2D eigenvalue weighted by Gasteiger charge is -2.21. The van der Waals surface area contributed by atoms with Crippen LogP contribution in [0.5, 0.6) is 0 Å². The molecule has 180 valence electrons. The molecule has 2 aliphatic rings. The fourth-order valence-electron chi connectivity index (χ4n) is 4.55. The Morgan fingerprint density at radius 2 is 1.52 bits per heavy atom. The van der Waals surface area contributed by atoms with E-state index in [0.717, 1.165) is 35.7 Å². The van der Waals surface area contributed by atoms with Crippen molar-refractivity contribution in [3.8, 4) is 0 Å². The smallest absolute Gasteiger partial charge is 0.255 e. The summed E-state index contributed by atoms with van der Waals surface area (Å²) in [4.78, 5) is 28.5. The molecule has 0 aliphatic heterocycles. The highest BCUT2D eigenvalue weighted by atomic mass is 16.1. The molecule has 0 bridgehead atoms. The van der Waals surface area contributed by atoms with Gasteiger partial charge in [-0.25, -0.2) is 0 Å². The number of anilines is 1. The van der Waals surface area contributed by atoms with Crippen molar-refractivity contribution in [2.75, 3.05) is 12.4 Å². The second-order valence-electron chi connectivity index (χ2n) is 8.55. The maximum atomic E-state index is 12.5. The van der Waals surface area contributed by atoms with Gasteiger partial charge in [-0.3, -0.25) is 4.79 Å². The van der Waals surface area contributed by atoms with Crippen molar-refractivity contribution in [1.29, 1.82) is 0 Å². The normalized spacial score (nSPS) is 14.6. The molecule has 2 N–H and O–H groups in total. The molecule has 0 radical (unpaired) electrons. The number of hydrogen-bond donors (Lipinski definition) is 2. The number of carbonyl (C=O) groups is 3. The minimum atomic E-state index is -0.00789. The Hall–Kier alpha value is -2.79. The van der Waals surface area contributed by atoms with Gasteiger partial charge in [0.05, 0.1) is 0 Å². The lowest BCUT2D eigenvalue weighted by molar-refractivity contribution is -0.0987. The predicted molar refractivity (Wildman–Crippen MR) is 137 cm³/mol. The summed E-state index contributed by atoms with van der Waals surface area (Å²) in [6.07, 6.45) is 11.8. The number of amides is 1. The monoisotopic (exact) mass is 452 g/mol. The zero-order chi connectivity index (χ0) is 24.6. The van der Waals surface area contributed by atoms with Crippen molar-refractivity contribution >= 4 is 25.2 Å². The fraction of sp³-hybridized carbons (Fsp3) is 0.464. The van der Waals surface area contributed by atoms with E-state index in [1.807, 2.05) is 44.8 Å². The fourth-order valence-corrected chi connectivity index (χ4v) is 4.55. The molecule has 2 aromatic rings. The molecular weight excluding hydrogens is 412 g/mol. The first kappa shape index (κ1) is 28.2. The van der Waals surface area contributed by atoms with Gasteiger partial charge in [0.1, 0.15) is 13.6 Å². The molecule has 4 rings (SSSR count). The molecule has 33 heavy (non-hydrogen) atoms. The summed E-state index contributed by atoms with van der Waals surface area (Å²) < 4.78 is 0. The van der Waals surface area contributed by atoms with Crippen molar-refractivity contribution < 1.29 is 14.4 Å². The predicted octanol–water partition coefficient (Wildman–Crippen LogP) is 5.60. The van der Waals surface area contributed by atoms with Crippen LogP contribution in [0.25, 0.3) is 0 Å². The molecule has 0 aromatic heterocycles. The Morgan fingerprint density at radius 1 is 0.879 bits per heavy atom. The molecule has 5 nitrogen and oxygen atoms in total. The topological polar surface area (TPSA) is 75.3 Å². The number of carbonyl (C=O) groups excluding carboxylic acids is 3. The molecule has 1 fully saturated rings. The van der Waals surface area contributed by atoms with Gasteiger partial charge >= 0.3 is 0 Å². The Kier molecular flexibility index (Phi) is 13.6. The summed E-state index contributed by atoms with van der Waals surface area (Å²) in [5, 5.41) is 6.43. The molecule has 1 saturated carbocycles. The number of rotatable bonds is 3. The standard InChI is InChI=1S/C19H21NO.C7H15N.2CH2O/c1-13-11-15-8-4-6-10-17(15)18(12-13)20-19(21)16-9-5-3-7-14(16)2;1-8-7-5-3-2-4-6-7;2*1-2/h3,5,7,9,11-12H,4,6,8,10H2,1-2H3,(H,20,21);7-8H,2-6H2,1H3;2*1H2. The van der Waals surface area contributed by atoms with Crippen molar-refractivity contribution in [3.05, 3.63) is 64.2 Å². The molecule has 0 atom stereocenters. The second kappa shape index (κ2) is 15.9. The van der Waals surface area contributed by atoms with Gasteiger partial charge in [0.25, 0.3) is 5.91 Å². The van der Waals surface area contributed by atoms with E-state index in [-0.39, 0.29) is 5.91 Å². The molecule has 0 heterocycles. The van der Waals surface area contributed by atoms with Crippen LogP contribution >= 0.6 is 0 Å². The van der Waals surface area contributed by atoms with Crippen molar-refractivity contribution in [2.24, 2.45) is 0 Å². The summed E-state index contributed by atoms with van der Waals surface area (Å²) in [5.41, 5.74) is 6.71. The maximum absolute atomic E-state index is 12.5. The van der Waals surface area contributed by atoms with E-state index in [1.54, 1.807) is 0 Å². The highest BCUT2D eigenvalue weighted by Crippen LogP contribution is 2.30. The highest BCUT2D eigenvalue weighted by molar-refractivity contribution is 6.05. The molecule has 2 aliphatic carbocycles. The molecular formula is C28H40N2O3. The van der Waals surface area contributed by atoms with Gasteiger partial charge in [-0.05, 0) is 93.8 Å². The lowest BCUT2D eigenvalue weighted by Crippen LogP contribution is -2.26. The summed E-state index contributed by atoms with van der Waals surface area (Å²) in [5.74, 6) is -0.00789. The van der Waals surface area contributed by atoms with Gasteiger partial charge < -0.3 is 20.2 Å². The minimum Gasteiger partial charge on any atom is -0.322 e. The molecule has 5 heteroatoms. The van der Waals surface area contributed by atoms with Crippen LogP contribution in [0, 0.1) is 13.8 Å². The van der Waals surface area contributed by atoms with Crippen LogP contribution in [-0.4, -0.2) is 32.6 Å². The van der Waals surface area contributed by atoms with Gasteiger partial charge in [-0.2, -0.15) is 0 Å². The average molecular weight is 453 g/mol. The minimum absolute atomic E-state index is 0.00789. The Morgan fingerprint density at radius 3 is 2.12 bits per heavy atom. The Balaban J connectivity index is 0.000000380. The second-order valence-corrected chi connectivity index (χ2v) is 8.55. The van der Waals surface area contributed by atoms with E-state index in [1.165, 1.54) is 61.6 Å². The van der Waals surface area contributed by atoms with Crippen molar-refractivity contribution in [1.82, 2.24) is 5.32 Å². The number of aryl methyl sites for hydroxylation is 3. The average Bonchev–Trinajstić information content (AvgIpc) is 2.87. The largest absolute Gasteiger partial charge is 0.322 e. The maximum Gasteiger partial charge on any atom is 0.255 e. The van der Waals surface area contributed by atoms with E-state index < -0.39 is 0 Å². The van der Waals surface area contributed by atoms with Crippen LogP contribution in [0.1, 0.15) is 77.6 Å². The third kappa shape index (κ3) is 8.93. The number of fused-ring (bicyclic) bond motifs is 1. The molecule has 1 amide bonds. The summed E-state index contributed by atoms with van der Waals surface area (Å²) >= 11 is 0. The van der Waals surface area contributed by atoms with E-state index in [2.05, 4.69) is 36.7 Å². The van der Waals surface area contributed by atoms with Crippen LogP contribution in [-0.2, 0) is 22.4 Å². The van der Waals surface area contributed by atoms with Gasteiger partial charge in [0.15, 0.2) is 0 Å². The SMILES string of the molecule is C=O.C=O.CNC1CCCCC1.Cc1cc2c(c(NC(=O)c3ccccc3C)c1)CCCC2. The number of hydrogen-bond acceptors (Lipinski definition) is 4. The third-order valence-electron chi connectivity index (χ3n) is 6.26. The third-order valence-corrected chi connectivity index (χ3v) is 6.26. The molecule has 0 unspecified atom stereocenters. The summed E-state index contributed by atoms with van der Waals surface area (Å²) in [6, 6.07) is 12.9. The van der Waals surface area contributed by atoms with Gasteiger partial charge in [-0.15, -0.1) is 0 Å². The molecule has 0 saturated heterocycles. The van der Waals surface area contributed by atoms with Gasteiger partial charge in [0, 0.05) is 17.3 Å². The van der Waals surface area contributed by atoms with Gasteiger partial charge in [-0.1, -0.05) is 43.5 Å². The number of benzene rings is 2. The van der Waals surface area contributed by atoms with Crippen molar-refractivity contribution in [3.63, 3.8) is 0 Å². The van der Waals surface area contributed by atoms with E-state index in [4.69, 9.17) is 9.59 Å². The van der Waals surface area contributed by atoms with Crippen LogP contribution in [0.2, 0.25) is 0 Å². The van der Waals surface area contributed by atoms with Crippen molar-refractivity contribution in [2.45, 2.75) is 77.7 Å². The summed E-state index contributed by atoms with van der Waals surface area (Å²) in [7, 11) is 2.07. The van der Waals surface area contributed by atoms with Gasteiger partial charge in [0.2, 0.25) is 0 Å². The first-order valence-electron chi connectivity index (χ1n) is 11.8. The lowest BCUT2D eigenvalue weighted by atomic mass is 9.89.